The summed E-state index contributed by atoms with van der Waals surface area (Å²) in [5.74, 6) is 1.29. The molecular formula is C9H18N6. The minimum Gasteiger partial charge on any atom is -0.350 e. The van der Waals surface area contributed by atoms with Gasteiger partial charge in [-0.2, -0.15) is 0 Å². The number of anilines is 1. The lowest BCUT2D eigenvalue weighted by Gasteiger charge is -2.31. The van der Waals surface area contributed by atoms with Gasteiger partial charge in [-0.15, -0.1) is 0 Å². The van der Waals surface area contributed by atoms with Crippen LogP contribution in [0.3, 0.4) is 0 Å². The summed E-state index contributed by atoms with van der Waals surface area (Å²) in [5.41, 5.74) is 5.76. The van der Waals surface area contributed by atoms with Gasteiger partial charge in [0.15, 0.2) is 0 Å². The van der Waals surface area contributed by atoms with Crippen LogP contribution in [-0.2, 0) is 7.05 Å². The summed E-state index contributed by atoms with van der Waals surface area (Å²) in [6, 6.07) is 0.424. The highest BCUT2D eigenvalue weighted by Crippen LogP contribution is 2.25. The maximum Gasteiger partial charge on any atom is 0.242 e. The molecule has 84 valence electrons. The molecular weight excluding hydrogens is 192 g/mol. The van der Waals surface area contributed by atoms with Crippen molar-refractivity contribution in [3.8, 4) is 0 Å². The Labute approximate surface area is 89.2 Å². The molecule has 0 aliphatic heterocycles. The minimum atomic E-state index is 0.424. The summed E-state index contributed by atoms with van der Waals surface area (Å²) < 4.78 is 1.65. The van der Waals surface area contributed by atoms with E-state index in [0.29, 0.717) is 12.0 Å². The van der Waals surface area contributed by atoms with Gasteiger partial charge in [-0.3, -0.25) is 0 Å². The fraction of sp³-hybridized carbons (Fsp3) is 0.889. The van der Waals surface area contributed by atoms with Crippen LogP contribution in [0.2, 0.25) is 0 Å². The molecule has 1 saturated carbocycles. The van der Waals surface area contributed by atoms with Gasteiger partial charge in [-0.25, -0.2) is 4.68 Å². The molecule has 0 saturated heterocycles. The number of hydrogen-bond acceptors (Lipinski definition) is 5. The molecule has 2 unspecified atom stereocenters. The summed E-state index contributed by atoms with van der Waals surface area (Å²) in [6.45, 7) is 0.739. The fourth-order valence-corrected chi connectivity index (χ4v) is 2.20. The SMILES string of the molecule is Cn1nnnc1NC1CCCCC1CN. The Bertz CT molecular complexity index is 309. The molecule has 1 aliphatic carbocycles. The van der Waals surface area contributed by atoms with E-state index in [1.807, 2.05) is 7.05 Å². The second-order valence-electron chi connectivity index (χ2n) is 4.16. The normalized spacial score (nSPS) is 26.5. The predicted molar refractivity (Wildman–Crippen MR) is 57.2 cm³/mol. The first-order chi connectivity index (χ1) is 7.31. The topological polar surface area (TPSA) is 81.7 Å². The lowest BCUT2D eigenvalue weighted by Crippen LogP contribution is -2.37. The van der Waals surface area contributed by atoms with Crippen LogP contribution in [0.4, 0.5) is 5.95 Å². The van der Waals surface area contributed by atoms with E-state index in [-0.39, 0.29) is 0 Å². The Balaban J connectivity index is 2.00. The Morgan fingerprint density at radius 1 is 1.47 bits per heavy atom. The zero-order valence-electron chi connectivity index (χ0n) is 9.06. The highest BCUT2D eigenvalue weighted by molar-refractivity contribution is 5.24. The van der Waals surface area contributed by atoms with E-state index < -0.39 is 0 Å². The van der Waals surface area contributed by atoms with Gasteiger partial charge in [-0.05, 0) is 35.7 Å². The number of tetrazole rings is 1. The highest BCUT2D eigenvalue weighted by Gasteiger charge is 2.24. The molecule has 6 nitrogen and oxygen atoms in total. The van der Waals surface area contributed by atoms with Gasteiger partial charge in [0.2, 0.25) is 5.95 Å². The van der Waals surface area contributed by atoms with Gasteiger partial charge in [0.1, 0.15) is 0 Å². The Hall–Kier alpha value is -1.17. The molecule has 2 rings (SSSR count). The second-order valence-corrected chi connectivity index (χ2v) is 4.16. The average molecular weight is 210 g/mol. The monoisotopic (exact) mass is 210 g/mol. The number of nitrogens with one attached hydrogen (secondary N) is 1. The van der Waals surface area contributed by atoms with Gasteiger partial charge in [0, 0.05) is 13.1 Å². The third-order valence-electron chi connectivity index (χ3n) is 3.15. The van der Waals surface area contributed by atoms with Crippen molar-refractivity contribution in [3.05, 3.63) is 0 Å². The number of hydrogen-bond donors (Lipinski definition) is 2. The van der Waals surface area contributed by atoms with Crippen molar-refractivity contribution in [3.63, 3.8) is 0 Å². The minimum absolute atomic E-state index is 0.424. The number of aryl methyl sites for hydroxylation is 1. The van der Waals surface area contributed by atoms with Crippen LogP contribution in [0.1, 0.15) is 25.7 Å². The van der Waals surface area contributed by atoms with Crippen LogP contribution < -0.4 is 11.1 Å². The molecule has 0 amide bonds. The van der Waals surface area contributed by atoms with Crippen molar-refractivity contribution < 1.29 is 0 Å². The maximum absolute atomic E-state index is 5.76. The molecule has 0 aromatic carbocycles. The molecule has 1 heterocycles. The summed E-state index contributed by atoms with van der Waals surface area (Å²) in [4.78, 5) is 0. The predicted octanol–water partition coefficient (Wildman–Crippen LogP) is 0.139. The number of rotatable bonds is 3. The summed E-state index contributed by atoms with van der Waals surface area (Å²) in [6.07, 6.45) is 4.92. The van der Waals surface area contributed by atoms with Crippen molar-refractivity contribution in [1.82, 2.24) is 20.2 Å². The van der Waals surface area contributed by atoms with Gasteiger partial charge in [-0.1, -0.05) is 17.9 Å². The third-order valence-corrected chi connectivity index (χ3v) is 3.15. The maximum atomic E-state index is 5.76. The zero-order chi connectivity index (χ0) is 10.7. The number of aromatic nitrogens is 4. The zero-order valence-corrected chi connectivity index (χ0v) is 9.06. The lowest BCUT2D eigenvalue weighted by atomic mass is 9.84. The number of nitrogens with two attached hydrogens (primary N) is 1. The van der Waals surface area contributed by atoms with Gasteiger partial charge in [0.25, 0.3) is 0 Å². The first-order valence-corrected chi connectivity index (χ1v) is 5.50. The quantitative estimate of drug-likeness (QED) is 0.741. The molecule has 0 bridgehead atoms. The van der Waals surface area contributed by atoms with Crippen LogP contribution in [0.25, 0.3) is 0 Å². The van der Waals surface area contributed by atoms with E-state index in [0.717, 1.165) is 18.9 Å². The molecule has 1 fully saturated rings. The van der Waals surface area contributed by atoms with Crippen molar-refractivity contribution in [1.29, 1.82) is 0 Å². The van der Waals surface area contributed by atoms with Gasteiger partial charge in [0.05, 0.1) is 0 Å². The second kappa shape index (κ2) is 4.57. The molecule has 0 radical (unpaired) electrons. The molecule has 6 heteroatoms. The molecule has 15 heavy (non-hydrogen) atoms. The summed E-state index contributed by atoms with van der Waals surface area (Å²) in [5, 5.41) is 14.7. The van der Waals surface area contributed by atoms with E-state index in [9.17, 15) is 0 Å². The molecule has 1 aromatic heterocycles. The van der Waals surface area contributed by atoms with Gasteiger partial charge < -0.3 is 11.1 Å². The molecule has 1 aliphatic rings. The summed E-state index contributed by atoms with van der Waals surface area (Å²) >= 11 is 0. The van der Waals surface area contributed by atoms with E-state index in [4.69, 9.17) is 5.73 Å². The van der Waals surface area contributed by atoms with Crippen molar-refractivity contribution in [2.24, 2.45) is 18.7 Å². The molecule has 1 aromatic rings. The van der Waals surface area contributed by atoms with E-state index in [1.54, 1.807) is 4.68 Å². The largest absolute Gasteiger partial charge is 0.350 e. The first kappa shape index (κ1) is 10.4. The molecule has 3 N–H and O–H groups in total. The van der Waals surface area contributed by atoms with Crippen LogP contribution in [-0.4, -0.2) is 32.8 Å². The fourth-order valence-electron chi connectivity index (χ4n) is 2.20. The lowest BCUT2D eigenvalue weighted by molar-refractivity contribution is 0.331. The van der Waals surface area contributed by atoms with Crippen LogP contribution in [0.15, 0.2) is 0 Å². The standard InChI is InChI=1S/C9H18N6/c1-15-9(12-13-14-15)11-8-5-3-2-4-7(8)6-10/h7-8H,2-6,10H2,1H3,(H,11,12,14). The smallest absolute Gasteiger partial charge is 0.242 e. The number of nitrogens with zero attached hydrogens (tertiary/aromatic N) is 4. The van der Waals surface area contributed by atoms with Crippen LogP contribution in [0.5, 0.6) is 0 Å². The van der Waals surface area contributed by atoms with Gasteiger partial charge >= 0.3 is 0 Å². The Kier molecular flexibility index (Phi) is 3.15. The van der Waals surface area contributed by atoms with E-state index >= 15 is 0 Å². The average Bonchev–Trinajstić information content (AvgIpc) is 2.65. The first-order valence-electron chi connectivity index (χ1n) is 5.50. The molecule has 2 atom stereocenters. The van der Waals surface area contributed by atoms with Crippen LogP contribution >= 0.6 is 0 Å². The van der Waals surface area contributed by atoms with E-state index in [2.05, 4.69) is 20.8 Å². The molecule has 0 spiro atoms. The Morgan fingerprint density at radius 3 is 2.93 bits per heavy atom. The Morgan fingerprint density at radius 2 is 2.27 bits per heavy atom. The van der Waals surface area contributed by atoms with Crippen molar-refractivity contribution >= 4 is 5.95 Å². The van der Waals surface area contributed by atoms with Crippen molar-refractivity contribution in [2.45, 2.75) is 31.7 Å². The van der Waals surface area contributed by atoms with Crippen LogP contribution in [0, 0.1) is 5.92 Å². The third kappa shape index (κ3) is 2.26. The van der Waals surface area contributed by atoms with Crippen molar-refractivity contribution in [2.75, 3.05) is 11.9 Å². The summed E-state index contributed by atoms with van der Waals surface area (Å²) in [7, 11) is 1.84. The van der Waals surface area contributed by atoms with E-state index in [1.165, 1.54) is 19.3 Å². The highest BCUT2D eigenvalue weighted by atomic mass is 15.6.